The van der Waals surface area contributed by atoms with Crippen LogP contribution in [0.2, 0.25) is 0 Å². The van der Waals surface area contributed by atoms with E-state index in [-0.39, 0.29) is 23.4 Å². The summed E-state index contributed by atoms with van der Waals surface area (Å²) in [4.78, 5) is 16.5. The number of hydrogen-bond donors (Lipinski definition) is 0. The molecule has 1 saturated heterocycles. The van der Waals surface area contributed by atoms with Crippen LogP contribution in [0.4, 0.5) is 8.78 Å². The summed E-state index contributed by atoms with van der Waals surface area (Å²) in [5, 5.41) is 0. The van der Waals surface area contributed by atoms with Gasteiger partial charge in [0.1, 0.15) is 0 Å². The van der Waals surface area contributed by atoms with Crippen LogP contribution in [-0.2, 0) is 4.74 Å². The first-order valence-corrected chi connectivity index (χ1v) is 8.27. The smallest absolute Gasteiger partial charge is 0.254 e. The Balaban J connectivity index is 2.01. The largest absolute Gasteiger partial charge is 0.384 e. The van der Waals surface area contributed by atoms with Crippen molar-refractivity contribution in [1.82, 2.24) is 9.80 Å². The zero-order chi connectivity index (χ0) is 17.9. The summed E-state index contributed by atoms with van der Waals surface area (Å²) in [6.07, 6.45) is 0. The molecule has 2 rings (SSSR count). The van der Waals surface area contributed by atoms with Crippen molar-refractivity contribution in [1.29, 1.82) is 0 Å². The third-order valence-electron chi connectivity index (χ3n) is 4.63. The molecule has 6 heteroatoms. The fourth-order valence-corrected chi connectivity index (χ4v) is 3.20. The van der Waals surface area contributed by atoms with Gasteiger partial charge < -0.3 is 14.5 Å². The molecule has 0 bridgehead atoms. The van der Waals surface area contributed by atoms with Gasteiger partial charge in [-0.15, -0.1) is 0 Å². The number of likely N-dealkylation sites (N-methyl/N-ethyl adjacent to an activating group) is 1. The molecule has 1 aromatic carbocycles. The minimum Gasteiger partial charge on any atom is -0.384 e. The predicted molar refractivity (Wildman–Crippen MR) is 88.9 cm³/mol. The molecule has 1 aliphatic heterocycles. The molecule has 0 aromatic heterocycles. The number of ether oxygens (including phenoxy) is 1. The van der Waals surface area contributed by atoms with E-state index in [4.69, 9.17) is 4.74 Å². The van der Waals surface area contributed by atoms with Crippen molar-refractivity contribution in [3.8, 4) is 0 Å². The Hall–Kier alpha value is -1.53. The van der Waals surface area contributed by atoms with Crippen LogP contribution in [0.5, 0.6) is 0 Å². The Kier molecular flexibility index (Phi) is 6.29. The molecule has 4 nitrogen and oxygen atoms in total. The number of likely N-dealkylation sites (tertiary alicyclic amines) is 1. The lowest BCUT2D eigenvalue weighted by Gasteiger charge is -2.43. The Bertz CT molecular complexity index is 574. The zero-order valence-electron chi connectivity index (χ0n) is 14.8. The van der Waals surface area contributed by atoms with Crippen LogP contribution in [0.1, 0.15) is 24.2 Å². The first kappa shape index (κ1) is 18.8. The average molecular weight is 340 g/mol. The number of hydrogen-bond acceptors (Lipinski definition) is 3. The van der Waals surface area contributed by atoms with E-state index in [2.05, 4.69) is 18.7 Å². The molecule has 0 aliphatic carbocycles. The van der Waals surface area contributed by atoms with Gasteiger partial charge in [-0.25, -0.2) is 8.78 Å². The Morgan fingerprint density at radius 2 is 2.00 bits per heavy atom. The van der Waals surface area contributed by atoms with Crippen LogP contribution in [0.15, 0.2) is 18.2 Å². The van der Waals surface area contributed by atoms with E-state index < -0.39 is 11.6 Å². The van der Waals surface area contributed by atoms with Crippen molar-refractivity contribution in [2.75, 3.05) is 40.4 Å². The fourth-order valence-electron chi connectivity index (χ4n) is 3.20. The minimum absolute atomic E-state index is 0.00843. The van der Waals surface area contributed by atoms with Gasteiger partial charge in [-0.2, -0.15) is 0 Å². The third kappa shape index (κ3) is 4.30. The minimum atomic E-state index is -1.000. The first-order chi connectivity index (χ1) is 11.3. The van der Waals surface area contributed by atoms with E-state index in [0.29, 0.717) is 5.92 Å². The van der Waals surface area contributed by atoms with Gasteiger partial charge in [0.15, 0.2) is 11.6 Å². The molecule has 1 amide bonds. The highest BCUT2D eigenvalue weighted by Gasteiger charge is 2.32. The molecule has 0 unspecified atom stereocenters. The van der Waals surface area contributed by atoms with Crippen LogP contribution < -0.4 is 0 Å². The van der Waals surface area contributed by atoms with Crippen LogP contribution in [-0.4, -0.2) is 62.1 Å². The van der Waals surface area contributed by atoms with Crippen LogP contribution in [0, 0.1) is 23.5 Å². The number of amides is 1. The molecular weight excluding hydrogens is 314 g/mol. The molecule has 1 aromatic rings. The van der Waals surface area contributed by atoms with E-state index in [1.165, 1.54) is 6.07 Å². The second-order valence-corrected chi connectivity index (χ2v) is 6.90. The topological polar surface area (TPSA) is 32.8 Å². The van der Waals surface area contributed by atoms with Gasteiger partial charge in [-0.05, 0) is 24.1 Å². The van der Waals surface area contributed by atoms with E-state index in [0.717, 1.165) is 38.4 Å². The van der Waals surface area contributed by atoms with Crippen LogP contribution >= 0.6 is 0 Å². The second kappa shape index (κ2) is 8.03. The molecular formula is C18H26F2N2O2. The first-order valence-electron chi connectivity index (χ1n) is 8.27. The standard InChI is InChI=1S/C18H26F2N2O2/c1-12(2)17(10-22-8-13(9-22)11-24-4)21(3)18(23)14-5-6-15(19)16(20)7-14/h5-7,12-13,17H,8-11H2,1-4H3/t17-/m1/s1. The van der Waals surface area contributed by atoms with Crippen molar-refractivity contribution in [3.05, 3.63) is 35.4 Å². The molecule has 0 spiro atoms. The van der Waals surface area contributed by atoms with Gasteiger partial charge in [0.25, 0.3) is 5.91 Å². The van der Waals surface area contributed by atoms with Crippen molar-refractivity contribution in [2.45, 2.75) is 19.9 Å². The summed E-state index contributed by atoms with van der Waals surface area (Å²) in [5.74, 6) is -1.43. The molecule has 134 valence electrons. The summed E-state index contributed by atoms with van der Waals surface area (Å²) in [6.45, 7) is 7.57. The van der Waals surface area contributed by atoms with E-state index in [9.17, 15) is 13.6 Å². The molecule has 1 atom stereocenters. The summed E-state index contributed by atoms with van der Waals surface area (Å²) >= 11 is 0. The maximum absolute atomic E-state index is 13.4. The third-order valence-corrected chi connectivity index (χ3v) is 4.63. The highest BCUT2D eigenvalue weighted by Crippen LogP contribution is 2.21. The summed E-state index contributed by atoms with van der Waals surface area (Å²) < 4.78 is 31.6. The highest BCUT2D eigenvalue weighted by molar-refractivity contribution is 5.94. The van der Waals surface area contributed by atoms with E-state index in [1.807, 2.05) is 0 Å². The Morgan fingerprint density at radius 3 is 2.54 bits per heavy atom. The maximum atomic E-state index is 13.4. The monoisotopic (exact) mass is 340 g/mol. The molecule has 24 heavy (non-hydrogen) atoms. The SMILES string of the molecule is COCC1CN(C[C@H](C(C)C)N(C)C(=O)c2ccc(F)c(F)c2)C1. The lowest BCUT2D eigenvalue weighted by Crippen LogP contribution is -2.55. The summed E-state index contributed by atoms with van der Waals surface area (Å²) in [6, 6.07) is 3.29. The number of carbonyl (C=O) groups is 1. The van der Waals surface area contributed by atoms with E-state index in [1.54, 1.807) is 19.1 Å². The molecule has 1 aliphatic rings. The van der Waals surface area contributed by atoms with Crippen molar-refractivity contribution >= 4 is 5.91 Å². The summed E-state index contributed by atoms with van der Waals surface area (Å²) in [7, 11) is 3.43. The van der Waals surface area contributed by atoms with Gasteiger partial charge >= 0.3 is 0 Å². The van der Waals surface area contributed by atoms with Gasteiger partial charge in [0, 0.05) is 51.3 Å². The quantitative estimate of drug-likeness (QED) is 0.765. The number of carbonyl (C=O) groups excluding carboxylic acids is 1. The van der Waals surface area contributed by atoms with Gasteiger partial charge in [-0.1, -0.05) is 13.8 Å². The predicted octanol–water partition coefficient (Wildman–Crippen LogP) is 2.64. The molecule has 0 saturated carbocycles. The lowest BCUT2D eigenvalue weighted by molar-refractivity contribution is 0.0111. The highest BCUT2D eigenvalue weighted by atomic mass is 19.2. The molecule has 1 fully saturated rings. The van der Waals surface area contributed by atoms with Gasteiger partial charge in [0.2, 0.25) is 0 Å². The van der Waals surface area contributed by atoms with Gasteiger partial charge in [0.05, 0.1) is 6.61 Å². The van der Waals surface area contributed by atoms with Crippen molar-refractivity contribution in [2.24, 2.45) is 11.8 Å². The average Bonchev–Trinajstić information content (AvgIpc) is 2.50. The second-order valence-electron chi connectivity index (χ2n) is 6.90. The molecule has 1 heterocycles. The van der Waals surface area contributed by atoms with Crippen LogP contribution in [0.25, 0.3) is 0 Å². The number of nitrogens with zero attached hydrogens (tertiary/aromatic N) is 2. The van der Waals surface area contributed by atoms with Crippen molar-refractivity contribution < 1.29 is 18.3 Å². The van der Waals surface area contributed by atoms with Crippen LogP contribution in [0.3, 0.4) is 0 Å². The molecule has 0 radical (unpaired) electrons. The Morgan fingerprint density at radius 1 is 1.33 bits per heavy atom. The number of methoxy groups -OCH3 is 1. The summed E-state index contributed by atoms with van der Waals surface area (Å²) in [5.41, 5.74) is 0.169. The number of halogens is 2. The molecule has 0 N–H and O–H groups in total. The fraction of sp³-hybridized carbons (Fsp3) is 0.611. The maximum Gasteiger partial charge on any atom is 0.254 e. The number of rotatable bonds is 7. The van der Waals surface area contributed by atoms with Gasteiger partial charge in [-0.3, -0.25) is 4.79 Å². The Labute approximate surface area is 142 Å². The lowest BCUT2D eigenvalue weighted by atomic mass is 9.96. The van der Waals surface area contributed by atoms with Crippen molar-refractivity contribution in [3.63, 3.8) is 0 Å². The normalized spacial score (nSPS) is 17.0. The number of benzene rings is 1. The van der Waals surface area contributed by atoms with E-state index >= 15 is 0 Å². The zero-order valence-corrected chi connectivity index (χ0v) is 14.8.